The molecule has 0 aromatic rings. The van der Waals surface area contributed by atoms with Gasteiger partial charge in [0.15, 0.2) is 0 Å². The number of amides is 1. The van der Waals surface area contributed by atoms with Gasteiger partial charge in [-0.15, -0.1) is 0 Å². The van der Waals surface area contributed by atoms with Crippen LogP contribution in [0.5, 0.6) is 0 Å². The first kappa shape index (κ1) is 15.8. The minimum Gasteiger partial charge on any atom is -0.467 e. The number of hydrogen-bond donors (Lipinski definition) is 1. The molecule has 124 valence electrons. The number of esters is 1. The monoisotopic (exact) mass is 307 g/mol. The molecule has 0 saturated heterocycles. The first-order valence-electron chi connectivity index (χ1n) is 8.78. The molecule has 4 bridgehead atoms. The van der Waals surface area contributed by atoms with Crippen molar-refractivity contribution in [2.45, 2.75) is 64.8 Å². The van der Waals surface area contributed by atoms with Crippen molar-refractivity contribution in [1.29, 1.82) is 0 Å². The quantitative estimate of drug-likeness (QED) is 0.795. The van der Waals surface area contributed by atoms with Gasteiger partial charge in [-0.1, -0.05) is 13.8 Å². The number of rotatable bonds is 5. The Morgan fingerprint density at radius 1 is 1.09 bits per heavy atom. The Labute approximate surface area is 133 Å². The summed E-state index contributed by atoms with van der Waals surface area (Å²) in [6.45, 7) is 3.87. The van der Waals surface area contributed by atoms with Gasteiger partial charge in [-0.2, -0.15) is 0 Å². The molecule has 0 spiro atoms. The molecule has 0 aromatic heterocycles. The van der Waals surface area contributed by atoms with E-state index in [1.807, 2.05) is 13.8 Å². The maximum atomic E-state index is 12.5. The minimum absolute atomic E-state index is 0.0334. The van der Waals surface area contributed by atoms with Gasteiger partial charge in [-0.3, -0.25) is 4.79 Å². The van der Waals surface area contributed by atoms with Crippen LogP contribution in [0.2, 0.25) is 0 Å². The second kappa shape index (κ2) is 5.86. The summed E-state index contributed by atoms with van der Waals surface area (Å²) in [5.41, 5.74) is 0.219. The summed E-state index contributed by atoms with van der Waals surface area (Å²) < 4.78 is 4.81. The van der Waals surface area contributed by atoms with Crippen LogP contribution >= 0.6 is 0 Å². The molecule has 4 saturated carbocycles. The van der Waals surface area contributed by atoms with E-state index in [0.717, 1.165) is 17.8 Å². The third-order valence-electron chi connectivity index (χ3n) is 6.14. The molecule has 1 N–H and O–H groups in total. The van der Waals surface area contributed by atoms with E-state index in [1.54, 1.807) is 0 Å². The molecule has 4 rings (SSSR count). The van der Waals surface area contributed by atoms with Gasteiger partial charge in [0.25, 0.3) is 0 Å². The first-order chi connectivity index (χ1) is 10.4. The van der Waals surface area contributed by atoms with Crippen molar-refractivity contribution in [2.75, 3.05) is 7.11 Å². The summed E-state index contributed by atoms with van der Waals surface area (Å²) in [7, 11) is 1.38. The standard InChI is InChI=1S/C18H29NO3/c1-11(2)16(17(21)22-3)19-15(20)10-18-7-12-4-13(8-18)6-14(5-12)9-18/h11-14,16H,4-10H2,1-3H3,(H,19,20)/t12?,13?,14?,16-,18?/m1/s1. The average molecular weight is 307 g/mol. The van der Waals surface area contributed by atoms with Crippen LogP contribution in [0, 0.1) is 29.1 Å². The largest absolute Gasteiger partial charge is 0.467 e. The SMILES string of the molecule is COC(=O)[C@H](NC(=O)CC12CC3CC(CC(C3)C1)C2)C(C)C. The van der Waals surface area contributed by atoms with Gasteiger partial charge >= 0.3 is 5.97 Å². The Morgan fingerprint density at radius 3 is 2.00 bits per heavy atom. The normalized spacial score (nSPS) is 37.2. The van der Waals surface area contributed by atoms with Crippen LogP contribution < -0.4 is 5.32 Å². The smallest absolute Gasteiger partial charge is 0.328 e. The summed E-state index contributed by atoms with van der Waals surface area (Å²) in [5, 5.41) is 2.93. The molecule has 0 radical (unpaired) electrons. The highest BCUT2D eigenvalue weighted by molar-refractivity contribution is 5.85. The summed E-state index contributed by atoms with van der Waals surface area (Å²) in [4.78, 5) is 24.4. The van der Waals surface area contributed by atoms with E-state index < -0.39 is 6.04 Å². The lowest BCUT2D eigenvalue weighted by atomic mass is 9.49. The molecule has 4 fully saturated rings. The van der Waals surface area contributed by atoms with Crippen LogP contribution in [0.4, 0.5) is 0 Å². The van der Waals surface area contributed by atoms with Gasteiger partial charge in [-0.05, 0) is 67.6 Å². The lowest BCUT2D eigenvalue weighted by Gasteiger charge is -2.56. The fraction of sp³-hybridized carbons (Fsp3) is 0.889. The Balaban J connectivity index is 1.63. The highest BCUT2D eigenvalue weighted by Crippen LogP contribution is 2.61. The maximum absolute atomic E-state index is 12.5. The van der Waals surface area contributed by atoms with E-state index >= 15 is 0 Å². The van der Waals surface area contributed by atoms with E-state index in [4.69, 9.17) is 4.74 Å². The molecule has 1 amide bonds. The molecular weight excluding hydrogens is 278 g/mol. The van der Waals surface area contributed by atoms with Gasteiger partial charge < -0.3 is 10.1 Å². The third-order valence-corrected chi connectivity index (χ3v) is 6.14. The zero-order chi connectivity index (χ0) is 15.9. The van der Waals surface area contributed by atoms with Crippen LogP contribution in [0.3, 0.4) is 0 Å². The predicted octanol–water partition coefficient (Wildman–Crippen LogP) is 2.91. The minimum atomic E-state index is -0.522. The summed E-state index contributed by atoms with van der Waals surface area (Å²) >= 11 is 0. The van der Waals surface area contributed by atoms with E-state index in [-0.39, 0.29) is 23.2 Å². The lowest BCUT2D eigenvalue weighted by Crippen LogP contribution is -2.50. The van der Waals surface area contributed by atoms with E-state index in [1.165, 1.54) is 45.6 Å². The van der Waals surface area contributed by atoms with E-state index in [9.17, 15) is 9.59 Å². The molecule has 22 heavy (non-hydrogen) atoms. The van der Waals surface area contributed by atoms with Crippen LogP contribution in [-0.2, 0) is 14.3 Å². The van der Waals surface area contributed by atoms with Crippen LogP contribution in [0.1, 0.15) is 58.8 Å². The third kappa shape index (κ3) is 3.02. The van der Waals surface area contributed by atoms with Crippen LogP contribution in [-0.4, -0.2) is 25.0 Å². The highest BCUT2D eigenvalue weighted by atomic mass is 16.5. The summed E-state index contributed by atoms with van der Waals surface area (Å²) in [6, 6.07) is -0.522. The number of methoxy groups -OCH3 is 1. The molecule has 4 aliphatic carbocycles. The molecule has 0 heterocycles. The second-order valence-corrected chi connectivity index (χ2v) is 8.41. The molecule has 4 aliphatic rings. The van der Waals surface area contributed by atoms with Crippen molar-refractivity contribution < 1.29 is 14.3 Å². The summed E-state index contributed by atoms with van der Waals surface area (Å²) in [5.74, 6) is 2.29. The van der Waals surface area contributed by atoms with Crippen molar-refractivity contribution in [3.8, 4) is 0 Å². The zero-order valence-electron chi connectivity index (χ0n) is 14.1. The number of ether oxygens (including phenoxy) is 1. The molecule has 0 aliphatic heterocycles. The number of carbonyl (C=O) groups is 2. The maximum Gasteiger partial charge on any atom is 0.328 e. The zero-order valence-corrected chi connectivity index (χ0v) is 14.1. The van der Waals surface area contributed by atoms with Crippen molar-refractivity contribution in [3.05, 3.63) is 0 Å². The summed E-state index contributed by atoms with van der Waals surface area (Å²) in [6.07, 6.45) is 8.41. The van der Waals surface area contributed by atoms with Crippen LogP contribution in [0.25, 0.3) is 0 Å². The molecule has 0 aromatic carbocycles. The molecule has 4 nitrogen and oxygen atoms in total. The molecule has 4 heteroatoms. The Bertz CT molecular complexity index is 422. The van der Waals surface area contributed by atoms with Crippen molar-refractivity contribution in [2.24, 2.45) is 29.1 Å². The van der Waals surface area contributed by atoms with E-state index in [2.05, 4.69) is 5.32 Å². The Morgan fingerprint density at radius 2 is 1.59 bits per heavy atom. The van der Waals surface area contributed by atoms with Crippen molar-refractivity contribution in [3.63, 3.8) is 0 Å². The Kier molecular flexibility index (Phi) is 4.21. The molecule has 1 atom stereocenters. The lowest BCUT2D eigenvalue weighted by molar-refractivity contribution is -0.147. The predicted molar refractivity (Wildman–Crippen MR) is 84.0 cm³/mol. The van der Waals surface area contributed by atoms with Gasteiger partial charge in [0.2, 0.25) is 5.91 Å². The van der Waals surface area contributed by atoms with Gasteiger partial charge in [0, 0.05) is 6.42 Å². The fourth-order valence-electron chi connectivity index (χ4n) is 5.70. The van der Waals surface area contributed by atoms with E-state index in [0.29, 0.717) is 6.42 Å². The average Bonchev–Trinajstić information content (AvgIpc) is 2.41. The topological polar surface area (TPSA) is 55.4 Å². The number of carbonyl (C=O) groups excluding carboxylic acids is 2. The first-order valence-corrected chi connectivity index (χ1v) is 8.78. The van der Waals surface area contributed by atoms with Crippen LogP contribution in [0.15, 0.2) is 0 Å². The fourth-order valence-corrected chi connectivity index (χ4v) is 5.70. The van der Waals surface area contributed by atoms with Crippen molar-refractivity contribution >= 4 is 11.9 Å². The van der Waals surface area contributed by atoms with Gasteiger partial charge in [0.1, 0.15) is 6.04 Å². The molecular formula is C18H29NO3. The number of nitrogens with one attached hydrogen (secondary N) is 1. The molecule has 0 unspecified atom stereocenters. The van der Waals surface area contributed by atoms with Crippen molar-refractivity contribution in [1.82, 2.24) is 5.32 Å². The second-order valence-electron chi connectivity index (χ2n) is 8.41. The number of hydrogen-bond acceptors (Lipinski definition) is 3. The highest BCUT2D eigenvalue weighted by Gasteiger charge is 2.51. The van der Waals surface area contributed by atoms with Gasteiger partial charge in [0.05, 0.1) is 7.11 Å². The van der Waals surface area contributed by atoms with Gasteiger partial charge in [-0.25, -0.2) is 4.79 Å². The Hall–Kier alpha value is -1.06.